The molecule has 13 heteroatoms. The number of azo groups is 1. The second kappa shape index (κ2) is 12.6. The zero-order valence-corrected chi connectivity index (χ0v) is 25.4. The summed E-state index contributed by atoms with van der Waals surface area (Å²) in [6.45, 7) is 1.69. The van der Waals surface area contributed by atoms with E-state index in [4.69, 9.17) is 27.9 Å². The molecular formula is C26H20Cl2N3NaO6S. The SMILES string of the molecule is CCc1cc(N=Nc2c([O-])c(C(=O)Nc3ccc(Cl)c(OC)c3)cc3ccccc23)c(Cl)cc1S(=O)(=O)O.[Na+]. The van der Waals surface area contributed by atoms with Gasteiger partial charge in [0.1, 0.15) is 11.4 Å². The minimum Gasteiger partial charge on any atom is -0.870 e. The summed E-state index contributed by atoms with van der Waals surface area (Å²) in [6, 6.07) is 15.4. The summed E-state index contributed by atoms with van der Waals surface area (Å²) in [4.78, 5) is 12.8. The fraction of sp³-hybridized carbons (Fsp3) is 0.115. The van der Waals surface area contributed by atoms with Crippen molar-refractivity contribution < 1.29 is 57.2 Å². The van der Waals surface area contributed by atoms with E-state index in [1.807, 2.05) is 0 Å². The van der Waals surface area contributed by atoms with E-state index in [2.05, 4.69) is 15.5 Å². The summed E-state index contributed by atoms with van der Waals surface area (Å²) in [5.41, 5.74) is 0.445. The molecule has 0 spiro atoms. The predicted molar refractivity (Wildman–Crippen MR) is 144 cm³/mol. The van der Waals surface area contributed by atoms with E-state index in [0.717, 1.165) is 6.07 Å². The minimum atomic E-state index is -4.50. The van der Waals surface area contributed by atoms with Gasteiger partial charge in [-0.1, -0.05) is 60.1 Å². The van der Waals surface area contributed by atoms with E-state index in [9.17, 15) is 22.9 Å². The van der Waals surface area contributed by atoms with Crippen LogP contribution in [-0.2, 0) is 16.5 Å². The number of anilines is 1. The molecule has 0 atom stereocenters. The summed E-state index contributed by atoms with van der Waals surface area (Å²) in [7, 11) is -3.06. The van der Waals surface area contributed by atoms with Crippen molar-refractivity contribution in [2.75, 3.05) is 12.4 Å². The maximum atomic E-state index is 13.4. The van der Waals surface area contributed by atoms with Crippen LogP contribution in [0.25, 0.3) is 10.8 Å². The third-order valence-corrected chi connectivity index (χ3v) is 7.23. The van der Waals surface area contributed by atoms with Crippen LogP contribution in [0.5, 0.6) is 11.5 Å². The Kier molecular flexibility index (Phi) is 10.0. The van der Waals surface area contributed by atoms with Crippen molar-refractivity contribution in [3.63, 3.8) is 0 Å². The molecule has 0 unspecified atom stereocenters. The van der Waals surface area contributed by atoms with Crippen molar-refractivity contribution >= 4 is 67.1 Å². The van der Waals surface area contributed by atoms with Gasteiger partial charge in [0.2, 0.25) is 0 Å². The van der Waals surface area contributed by atoms with Crippen LogP contribution in [0.1, 0.15) is 22.8 Å². The Bertz CT molecular complexity index is 1710. The number of halogens is 2. The molecule has 0 aliphatic heterocycles. The van der Waals surface area contributed by atoms with E-state index < -0.39 is 21.8 Å². The molecule has 9 nitrogen and oxygen atoms in total. The summed E-state index contributed by atoms with van der Waals surface area (Å²) < 4.78 is 38.0. The number of ether oxygens (including phenoxy) is 1. The molecule has 4 rings (SSSR count). The molecule has 0 aromatic heterocycles. The first-order chi connectivity index (χ1) is 18.0. The number of benzene rings is 4. The number of hydrogen-bond acceptors (Lipinski definition) is 7. The maximum Gasteiger partial charge on any atom is 1.00 e. The first-order valence-electron chi connectivity index (χ1n) is 11.1. The molecule has 0 aliphatic rings. The Balaban J connectivity index is 0.00000420. The number of carbonyl (C=O) groups excluding carboxylic acids is 1. The largest absolute Gasteiger partial charge is 1.00 e. The van der Waals surface area contributed by atoms with Crippen molar-refractivity contribution in [1.82, 2.24) is 0 Å². The zero-order chi connectivity index (χ0) is 27.6. The molecule has 0 saturated heterocycles. The number of methoxy groups -OCH3 is 1. The Morgan fingerprint density at radius 1 is 1.05 bits per heavy atom. The zero-order valence-electron chi connectivity index (χ0n) is 21.0. The molecule has 2 N–H and O–H groups in total. The molecular weight excluding hydrogens is 576 g/mol. The van der Waals surface area contributed by atoms with Gasteiger partial charge in [0.15, 0.2) is 0 Å². The standard InChI is InChI=1S/C26H21Cl2N3O6S.Na/c1-3-14-11-21(20(28)13-23(14)38(34,35)36)30-31-24-17-7-5-4-6-15(17)10-18(25(24)32)26(33)29-16-8-9-19(27)22(12-16)37-2;/h4-13,32H,3H2,1-2H3,(H,29,33)(H,34,35,36);/q;+1/p-1. The normalized spacial score (nSPS) is 11.4. The Labute approximate surface area is 256 Å². The number of carbonyl (C=O) groups is 1. The average molecular weight is 596 g/mol. The molecule has 0 fully saturated rings. The van der Waals surface area contributed by atoms with Crippen LogP contribution >= 0.6 is 23.2 Å². The molecule has 39 heavy (non-hydrogen) atoms. The summed E-state index contributed by atoms with van der Waals surface area (Å²) >= 11 is 12.3. The molecule has 1 amide bonds. The van der Waals surface area contributed by atoms with E-state index in [1.54, 1.807) is 43.3 Å². The number of rotatable bonds is 7. The number of aryl methyl sites for hydroxylation is 1. The third kappa shape index (κ3) is 6.72. The molecule has 0 radical (unpaired) electrons. The number of fused-ring (bicyclic) bond motifs is 1. The maximum absolute atomic E-state index is 13.4. The van der Waals surface area contributed by atoms with Crippen LogP contribution in [0.15, 0.2) is 75.8 Å². The van der Waals surface area contributed by atoms with Gasteiger partial charge in [-0.2, -0.15) is 13.5 Å². The van der Waals surface area contributed by atoms with Crippen molar-refractivity contribution in [3.05, 3.63) is 81.8 Å². The van der Waals surface area contributed by atoms with Crippen molar-refractivity contribution in [3.8, 4) is 11.5 Å². The summed E-state index contributed by atoms with van der Waals surface area (Å²) in [5.74, 6) is -0.999. The first kappa shape index (κ1) is 30.8. The van der Waals surface area contributed by atoms with Crippen LogP contribution in [0, 0.1) is 0 Å². The number of nitrogens with one attached hydrogen (secondary N) is 1. The monoisotopic (exact) mass is 595 g/mol. The van der Waals surface area contributed by atoms with E-state index in [0.29, 0.717) is 27.2 Å². The van der Waals surface area contributed by atoms with E-state index in [-0.39, 0.29) is 68.4 Å². The van der Waals surface area contributed by atoms with Gasteiger partial charge in [0.25, 0.3) is 16.0 Å². The molecule has 0 bridgehead atoms. The fourth-order valence-corrected chi connectivity index (χ4v) is 5.06. The third-order valence-electron chi connectivity index (χ3n) is 5.68. The topological polar surface area (TPSA) is 140 Å². The van der Waals surface area contributed by atoms with Gasteiger partial charge in [-0.25, -0.2) is 0 Å². The number of amides is 1. The van der Waals surface area contributed by atoms with Crippen LogP contribution in [0.4, 0.5) is 17.1 Å². The molecule has 196 valence electrons. The fourth-order valence-electron chi connectivity index (χ4n) is 3.80. The van der Waals surface area contributed by atoms with E-state index in [1.165, 1.54) is 25.3 Å². The smallest absolute Gasteiger partial charge is 0.870 e. The number of nitrogens with zero attached hydrogens (tertiary/aromatic N) is 2. The number of hydrogen-bond donors (Lipinski definition) is 2. The Morgan fingerprint density at radius 3 is 2.44 bits per heavy atom. The first-order valence-corrected chi connectivity index (χ1v) is 13.3. The molecule has 0 aliphatic carbocycles. The van der Waals surface area contributed by atoms with Crippen LogP contribution in [0.3, 0.4) is 0 Å². The van der Waals surface area contributed by atoms with E-state index >= 15 is 0 Å². The minimum absolute atomic E-state index is 0. The van der Waals surface area contributed by atoms with Gasteiger partial charge < -0.3 is 15.2 Å². The van der Waals surface area contributed by atoms with Gasteiger partial charge >= 0.3 is 29.6 Å². The molecule has 0 heterocycles. The quantitative estimate of drug-likeness (QED) is 0.189. The Morgan fingerprint density at radius 2 is 1.77 bits per heavy atom. The van der Waals surface area contributed by atoms with Crippen molar-refractivity contribution in [1.29, 1.82) is 0 Å². The van der Waals surface area contributed by atoms with Gasteiger partial charge in [-0.05, 0) is 47.7 Å². The van der Waals surface area contributed by atoms with Gasteiger partial charge in [0.05, 0.1) is 27.7 Å². The predicted octanol–water partition coefficient (Wildman–Crippen LogP) is 3.71. The van der Waals surface area contributed by atoms with Crippen LogP contribution in [-0.4, -0.2) is 26.0 Å². The van der Waals surface area contributed by atoms with Gasteiger partial charge in [0, 0.05) is 22.7 Å². The second-order valence-corrected chi connectivity index (χ2v) is 10.3. The summed E-state index contributed by atoms with van der Waals surface area (Å²) in [6.07, 6.45) is 0.260. The second-order valence-electron chi connectivity index (χ2n) is 8.07. The van der Waals surface area contributed by atoms with Gasteiger partial charge in [-0.3, -0.25) is 9.35 Å². The molecule has 4 aromatic carbocycles. The molecule has 0 saturated carbocycles. The summed E-state index contributed by atoms with van der Waals surface area (Å²) in [5, 5.41) is 25.6. The molecule has 4 aromatic rings. The average Bonchev–Trinajstić information content (AvgIpc) is 2.88. The van der Waals surface area contributed by atoms with Gasteiger partial charge in [-0.15, -0.1) is 5.11 Å². The Hall–Kier alpha value is -2.70. The van der Waals surface area contributed by atoms with Crippen LogP contribution in [0.2, 0.25) is 10.0 Å². The van der Waals surface area contributed by atoms with Crippen molar-refractivity contribution in [2.45, 2.75) is 18.2 Å². The van der Waals surface area contributed by atoms with Crippen molar-refractivity contribution in [2.24, 2.45) is 10.2 Å². The van der Waals surface area contributed by atoms with Crippen LogP contribution < -0.4 is 44.7 Å².